The second kappa shape index (κ2) is 8.01. The zero-order chi connectivity index (χ0) is 23.1. The highest BCUT2D eigenvalue weighted by molar-refractivity contribution is 6.05. The molecule has 168 valence electrons. The molecule has 2 amide bonds. The third-order valence-electron chi connectivity index (χ3n) is 5.38. The molecular formula is C22H20FN7O3. The van der Waals surface area contributed by atoms with E-state index in [4.69, 9.17) is 4.74 Å². The highest BCUT2D eigenvalue weighted by Gasteiger charge is 2.30. The smallest absolute Gasteiger partial charge is 0.259 e. The zero-order valence-corrected chi connectivity index (χ0v) is 17.9. The van der Waals surface area contributed by atoms with E-state index >= 15 is 0 Å². The van der Waals surface area contributed by atoms with Crippen LogP contribution in [0.1, 0.15) is 28.9 Å². The Labute approximate surface area is 187 Å². The Balaban J connectivity index is 1.33. The summed E-state index contributed by atoms with van der Waals surface area (Å²) in [5, 5.41) is 13.7. The Kier molecular flexibility index (Phi) is 5.00. The molecule has 0 radical (unpaired) electrons. The van der Waals surface area contributed by atoms with Crippen molar-refractivity contribution >= 4 is 29.0 Å². The van der Waals surface area contributed by atoms with Crippen LogP contribution in [0.15, 0.2) is 42.7 Å². The van der Waals surface area contributed by atoms with Crippen molar-refractivity contribution in [3.05, 3.63) is 59.8 Å². The Bertz CT molecular complexity index is 1390. The van der Waals surface area contributed by atoms with E-state index in [-0.39, 0.29) is 29.1 Å². The fraction of sp³-hybridized carbons (Fsp3) is 0.227. The molecule has 0 spiro atoms. The number of anilines is 2. The number of ether oxygens (including phenoxy) is 1. The summed E-state index contributed by atoms with van der Waals surface area (Å²) >= 11 is 0. The quantitative estimate of drug-likeness (QED) is 0.467. The molecule has 1 saturated carbocycles. The Morgan fingerprint density at radius 3 is 2.73 bits per heavy atom. The minimum atomic E-state index is -0.605. The molecule has 11 heteroatoms. The lowest BCUT2D eigenvalue weighted by Gasteiger charge is -2.09. The standard InChI is InChI=1S/C22H20FN7O3/c1-12-15(10-24-29(12)2)22(32)25-17-9-14(5-6-16(17)23)33-20-8-7-19-26-18(11-30(19)28-20)27-21(31)13-3-4-13/h5-11,13H,3-4H2,1-2H3,(H,25,32)(H,27,31). The van der Waals surface area contributed by atoms with Crippen molar-refractivity contribution in [2.75, 3.05) is 10.6 Å². The van der Waals surface area contributed by atoms with Crippen LogP contribution in [-0.2, 0) is 11.8 Å². The molecule has 33 heavy (non-hydrogen) atoms. The second-order valence-electron chi connectivity index (χ2n) is 7.83. The van der Waals surface area contributed by atoms with E-state index < -0.39 is 11.7 Å². The Hall–Kier alpha value is -4.28. The van der Waals surface area contributed by atoms with Gasteiger partial charge < -0.3 is 15.4 Å². The number of amides is 2. The number of imidazole rings is 1. The first-order valence-electron chi connectivity index (χ1n) is 10.3. The van der Waals surface area contributed by atoms with Gasteiger partial charge in [0.1, 0.15) is 11.6 Å². The van der Waals surface area contributed by atoms with Gasteiger partial charge in [-0.3, -0.25) is 14.3 Å². The number of benzene rings is 1. The van der Waals surface area contributed by atoms with Gasteiger partial charge in [-0.1, -0.05) is 0 Å². The number of fused-ring (bicyclic) bond motifs is 1. The van der Waals surface area contributed by atoms with E-state index in [0.29, 0.717) is 22.7 Å². The van der Waals surface area contributed by atoms with Crippen molar-refractivity contribution < 1.29 is 18.7 Å². The number of hydrogen-bond acceptors (Lipinski definition) is 6. The number of rotatable bonds is 6. The summed E-state index contributed by atoms with van der Waals surface area (Å²) in [5.74, 6) is -0.138. The van der Waals surface area contributed by atoms with E-state index in [1.807, 2.05) is 0 Å². The molecule has 0 bridgehead atoms. The molecule has 5 rings (SSSR count). The molecule has 1 fully saturated rings. The summed E-state index contributed by atoms with van der Waals surface area (Å²) in [5.41, 5.74) is 1.51. The predicted molar refractivity (Wildman–Crippen MR) is 117 cm³/mol. The lowest BCUT2D eigenvalue weighted by Crippen LogP contribution is -2.14. The monoisotopic (exact) mass is 449 g/mol. The average molecular weight is 449 g/mol. The van der Waals surface area contributed by atoms with Crippen molar-refractivity contribution in [2.45, 2.75) is 19.8 Å². The Morgan fingerprint density at radius 2 is 2.00 bits per heavy atom. The lowest BCUT2D eigenvalue weighted by atomic mass is 10.2. The van der Waals surface area contributed by atoms with Crippen LogP contribution in [0.25, 0.3) is 5.65 Å². The third kappa shape index (κ3) is 4.25. The first-order valence-corrected chi connectivity index (χ1v) is 10.3. The minimum absolute atomic E-state index is 0.0328. The number of nitrogens with one attached hydrogen (secondary N) is 2. The molecule has 1 aromatic carbocycles. The summed E-state index contributed by atoms with van der Waals surface area (Å²) in [6, 6.07) is 7.30. The number of aryl methyl sites for hydroxylation is 1. The molecule has 4 aromatic rings. The van der Waals surface area contributed by atoms with Crippen molar-refractivity contribution in [2.24, 2.45) is 13.0 Å². The van der Waals surface area contributed by atoms with Gasteiger partial charge in [0, 0.05) is 30.8 Å². The van der Waals surface area contributed by atoms with Gasteiger partial charge in [0.15, 0.2) is 11.5 Å². The van der Waals surface area contributed by atoms with Crippen molar-refractivity contribution in [1.82, 2.24) is 24.4 Å². The largest absolute Gasteiger partial charge is 0.438 e. The van der Waals surface area contributed by atoms with Crippen molar-refractivity contribution in [1.29, 1.82) is 0 Å². The third-order valence-corrected chi connectivity index (χ3v) is 5.38. The Morgan fingerprint density at radius 1 is 1.18 bits per heavy atom. The van der Waals surface area contributed by atoms with Crippen LogP contribution in [0.4, 0.5) is 15.9 Å². The van der Waals surface area contributed by atoms with Gasteiger partial charge in [-0.05, 0) is 38.0 Å². The SMILES string of the molecule is Cc1c(C(=O)Nc2cc(Oc3ccc4nc(NC(=O)C5CC5)cn4n3)ccc2F)cnn1C. The number of carbonyl (C=O) groups excluding carboxylic acids is 2. The summed E-state index contributed by atoms with van der Waals surface area (Å²) in [7, 11) is 1.72. The molecule has 1 aliphatic carbocycles. The highest BCUT2D eigenvalue weighted by Crippen LogP contribution is 2.30. The summed E-state index contributed by atoms with van der Waals surface area (Å²) in [4.78, 5) is 28.8. The maximum absolute atomic E-state index is 14.3. The van der Waals surface area contributed by atoms with Gasteiger partial charge in [0.25, 0.3) is 5.91 Å². The van der Waals surface area contributed by atoms with Crippen LogP contribution < -0.4 is 15.4 Å². The molecule has 2 N–H and O–H groups in total. The van der Waals surface area contributed by atoms with Crippen molar-refractivity contribution in [3.8, 4) is 11.6 Å². The molecule has 1 aliphatic rings. The second-order valence-corrected chi connectivity index (χ2v) is 7.83. The van der Waals surface area contributed by atoms with Gasteiger partial charge in [-0.15, -0.1) is 5.10 Å². The number of carbonyl (C=O) groups is 2. The van der Waals surface area contributed by atoms with Crippen LogP contribution in [0.2, 0.25) is 0 Å². The molecular weight excluding hydrogens is 429 g/mol. The fourth-order valence-electron chi connectivity index (χ4n) is 3.25. The number of hydrogen-bond donors (Lipinski definition) is 2. The predicted octanol–water partition coefficient (Wildman–Crippen LogP) is 3.30. The maximum Gasteiger partial charge on any atom is 0.259 e. The molecule has 0 saturated heterocycles. The first-order chi connectivity index (χ1) is 15.9. The summed E-state index contributed by atoms with van der Waals surface area (Å²) in [6.07, 6.45) is 4.82. The minimum Gasteiger partial charge on any atom is -0.438 e. The van der Waals surface area contributed by atoms with Crippen molar-refractivity contribution in [3.63, 3.8) is 0 Å². The summed E-state index contributed by atoms with van der Waals surface area (Å²) in [6.45, 7) is 1.75. The van der Waals surface area contributed by atoms with Gasteiger partial charge in [-0.25, -0.2) is 13.9 Å². The van der Waals surface area contributed by atoms with Crippen LogP contribution in [0.3, 0.4) is 0 Å². The van der Waals surface area contributed by atoms with Crippen LogP contribution in [0, 0.1) is 18.7 Å². The van der Waals surface area contributed by atoms with E-state index in [0.717, 1.165) is 12.8 Å². The normalized spacial score (nSPS) is 13.2. The van der Waals surface area contributed by atoms with Gasteiger partial charge in [-0.2, -0.15) is 5.10 Å². The van der Waals surface area contributed by atoms with E-state index in [1.54, 1.807) is 37.0 Å². The maximum atomic E-state index is 14.3. The molecule has 3 aromatic heterocycles. The van der Waals surface area contributed by atoms with Gasteiger partial charge in [0.2, 0.25) is 11.8 Å². The lowest BCUT2D eigenvalue weighted by molar-refractivity contribution is -0.117. The molecule has 3 heterocycles. The topological polar surface area (TPSA) is 115 Å². The molecule has 0 aliphatic heterocycles. The van der Waals surface area contributed by atoms with Crippen LogP contribution in [0.5, 0.6) is 11.6 Å². The highest BCUT2D eigenvalue weighted by atomic mass is 19.1. The van der Waals surface area contributed by atoms with Gasteiger partial charge in [0.05, 0.1) is 23.6 Å². The van der Waals surface area contributed by atoms with E-state index in [1.165, 1.54) is 28.9 Å². The molecule has 10 nitrogen and oxygen atoms in total. The molecule has 0 atom stereocenters. The molecule has 0 unspecified atom stereocenters. The number of aromatic nitrogens is 5. The van der Waals surface area contributed by atoms with Crippen LogP contribution >= 0.6 is 0 Å². The fourth-order valence-corrected chi connectivity index (χ4v) is 3.25. The van der Waals surface area contributed by atoms with Crippen LogP contribution in [-0.4, -0.2) is 36.2 Å². The van der Waals surface area contributed by atoms with Gasteiger partial charge >= 0.3 is 0 Å². The number of halogens is 1. The number of nitrogens with zero attached hydrogens (tertiary/aromatic N) is 5. The first kappa shape index (κ1) is 20.6. The zero-order valence-electron chi connectivity index (χ0n) is 17.9. The van der Waals surface area contributed by atoms with E-state index in [2.05, 4.69) is 25.8 Å². The van der Waals surface area contributed by atoms with E-state index in [9.17, 15) is 14.0 Å². The average Bonchev–Trinajstić information content (AvgIpc) is 3.49. The summed E-state index contributed by atoms with van der Waals surface area (Å²) < 4.78 is 23.1.